The first-order valence-electron chi connectivity index (χ1n) is 6.25. The van der Waals surface area contributed by atoms with E-state index in [0.717, 1.165) is 11.5 Å². The van der Waals surface area contributed by atoms with E-state index in [-0.39, 0.29) is 11.5 Å². The van der Waals surface area contributed by atoms with Gasteiger partial charge in [0.1, 0.15) is 5.76 Å². The Kier molecular flexibility index (Phi) is 4.05. The van der Waals surface area contributed by atoms with Crippen molar-refractivity contribution in [2.75, 3.05) is 0 Å². The quantitative estimate of drug-likeness (QED) is 0.854. The third-order valence-electron chi connectivity index (χ3n) is 4.01. The number of hydrogen-bond donors (Lipinski definition) is 1. The lowest BCUT2D eigenvalue weighted by Crippen LogP contribution is -2.51. The van der Waals surface area contributed by atoms with Gasteiger partial charge in [-0.05, 0) is 12.0 Å². The maximum atomic E-state index is 10.7. The Bertz CT molecular complexity index is 444. The van der Waals surface area contributed by atoms with Gasteiger partial charge in [0.25, 0.3) is 0 Å². The van der Waals surface area contributed by atoms with Gasteiger partial charge in [-0.1, -0.05) is 39.0 Å². The van der Waals surface area contributed by atoms with Gasteiger partial charge in [-0.25, -0.2) is 0 Å². The molecule has 4 nitrogen and oxygen atoms in total. The Hall–Kier alpha value is -1.10. The number of aliphatic carboxylic acids is 1. The summed E-state index contributed by atoms with van der Waals surface area (Å²) >= 11 is 0. The first-order valence-corrected chi connectivity index (χ1v) is 9.25. The fraction of sp³-hybridized carbons (Fsp3) is 0.692. The molecular weight excluding hydrogens is 246 g/mol. The highest BCUT2D eigenvalue weighted by Gasteiger charge is 2.41. The summed E-state index contributed by atoms with van der Waals surface area (Å²) in [5.41, 5.74) is 0.835. The van der Waals surface area contributed by atoms with Crippen LogP contribution in [0.3, 0.4) is 0 Å². The second-order valence-corrected chi connectivity index (χ2v) is 11.6. The number of carboxylic acid groups (broad SMARTS) is 1. The zero-order valence-corrected chi connectivity index (χ0v) is 13.1. The summed E-state index contributed by atoms with van der Waals surface area (Å²) in [6, 6.07) is 0. The first kappa shape index (κ1) is 15.0. The van der Waals surface area contributed by atoms with Crippen LogP contribution >= 0.6 is 0 Å². The molecule has 0 aliphatic heterocycles. The normalized spacial score (nSPS) is 12.8. The van der Waals surface area contributed by atoms with Crippen molar-refractivity contribution in [3.8, 4) is 0 Å². The Labute approximate surface area is 109 Å². The summed E-state index contributed by atoms with van der Waals surface area (Å²) in [5.74, 6) is 0.0545. The SMILES string of the molecule is Cc1onc(CCC(=O)O)c1[Si](C)(C)C(C)(C)C. The molecule has 0 radical (unpaired) electrons. The Balaban J connectivity index is 3.15. The van der Waals surface area contributed by atoms with Crippen LogP contribution in [0.4, 0.5) is 0 Å². The fourth-order valence-electron chi connectivity index (χ4n) is 1.99. The van der Waals surface area contributed by atoms with Gasteiger partial charge in [0.15, 0.2) is 0 Å². The molecule has 1 aromatic rings. The minimum absolute atomic E-state index is 0.105. The van der Waals surface area contributed by atoms with E-state index in [9.17, 15) is 4.79 Å². The molecule has 1 heterocycles. The van der Waals surface area contributed by atoms with Crippen LogP contribution in [0.1, 0.15) is 38.6 Å². The summed E-state index contributed by atoms with van der Waals surface area (Å²) in [7, 11) is -1.74. The van der Waals surface area contributed by atoms with Gasteiger partial charge in [-0.15, -0.1) is 0 Å². The Morgan fingerprint density at radius 3 is 2.39 bits per heavy atom. The number of carbonyl (C=O) groups is 1. The third-order valence-corrected chi connectivity index (χ3v) is 9.65. The average Bonchev–Trinajstić information content (AvgIpc) is 2.55. The highest BCUT2D eigenvalue weighted by atomic mass is 28.3. The lowest BCUT2D eigenvalue weighted by Gasteiger charge is -2.37. The lowest BCUT2D eigenvalue weighted by atomic mass is 10.2. The van der Waals surface area contributed by atoms with Crippen LogP contribution in [-0.2, 0) is 11.2 Å². The van der Waals surface area contributed by atoms with Crippen LogP contribution < -0.4 is 5.19 Å². The van der Waals surface area contributed by atoms with Crippen LogP contribution in [-0.4, -0.2) is 24.3 Å². The van der Waals surface area contributed by atoms with Crippen molar-refractivity contribution in [1.82, 2.24) is 5.16 Å². The average molecular weight is 269 g/mol. The lowest BCUT2D eigenvalue weighted by molar-refractivity contribution is -0.136. The van der Waals surface area contributed by atoms with Gasteiger partial charge in [0.2, 0.25) is 0 Å². The molecule has 0 amide bonds. The van der Waals surface area contributed by atoms with Crippen LogP contribution in [0.5, 0.6) is 0 Å². The third kappa shape index (κ3) is 2.83. The zero-order chi connectivity index (χ0) is 14.1. The number of hydrogen-bond acceptors (Lipinski definition) is 3. The van der Waals surface area contributed by atoms with Gasteiger partial charge in [-0.2, -0.15) is 0 Å². The van der Waals surface area contributed by atoms with Crippen molar-refractivity contribution < 1.29 is 14.4 Å². The smallest absolute Gasteiger partial charge is 0.303 e. The highest BCUT2D eigenvalue weighted by molar-refractivity contribution is 6.92. The van der Waals surface area contributed by atoms with E-state index < -0.39 is 14.0 Å². The van der Waals surface area contributed by atoms with Crippen LogP contribution in [0.2, 0.25) is 18.1 Å². The second-order valence-electron chi connectivity index (χ2n) is 6.33. The maximum absolute atomic E-state index is 10.7. The Morgan fingerprint density at radius 1 is 1.39 bits per heavy atom. The van der Waals surface area contributed by atoms with Crippen molar-refractivity contribution >= 4 is 19.2 Å². The molecule has 0 bridgehead atoms. The van der Waals surface area contributed by atoms with E-state index in [2.05, 4.69) is 39.0 Å². The minimum Gasteiger partial charge on any atom is -0.481 e. The van der Waals surface area contributed by atoms with Gasteiger partial charge in [0.05, 0.1) is 20.2 Å². The fourth-order valence-corrected chi connectivity index (χ4v) is 4.56. The maximum Gasteiger partial charge on any atom is 0.303 e. The van der Waals surface area contributed by atoms with Gasteiger partial charge in [0, 0.05) is 11.6 Å². The number of nitrogens with zero attached hydrogens (tertiary/aromatic N) is 1. The highest BCUT2D eigenvalue weighted by Crippen LogP contribution is 2.36. The van der Waals surface area contributed by atoms with Gasteiger partial charge < -0.3 is 9.63 Å². The molecule has 102 valence electrons. The molecule has 0 saturated heterocycles. The van der Waals surface area contributed by atoms with E-state index in [1.165, 1.54) is 5.19 Å². The number of carboxylic acids is 1. The molecule has 18 heavy (non-hydrogen) atoms. The first-order chi connectivity index (χ1) is 8.07. The Morgan fingerprint density at radius 2 is 1.94 bits per heavy atom. The van der Waals surface area contributed by atoms with E-state index in [1.54, 1.807) is 0 Å². The van der Waals surface area contributed by atoms with Crippen molar-refractivity contribution in [2.45, 2.75) is 58.7 Å². The summed E-state index contributed by atoms with van der Waals surface area (Å²) in [6.07, 6.45) is 0.558. The van der Waals surface area contributed by atoms with Gasteiger partial charge in [-0.3, -0.25) is 4.79 Å². The number of aromatic nitrogens is 1. The molecule has 1 rings (SSSR count). The summed E-state index contributed by atoms with van der Waals surface area (Å²) < 4.78 is 5.30. The molecule has 0 aliphatic carbocycles. The molecule has 5 heteroatoms. The summed E-state index contributed by atoms with van der Waals surface area (Å²) in [6.45, 7) is 13.2. The molecule has 0 aliphatic rings. The second kappa shape index (κ2) is 4.88. The molecule has 0 unspecified atom stereocenters. The molecule has 0 saturated carbocycles. The topological polar surface area (TPSA) is 63.3 Å². The molecule has 0 atom stereocenters. The summed E-state index contributed by atoms with van der Waals surface area (Å²) in [5, 5.41) is 14.2. The molecule has 1 N–H and O–H groups in total. The van der Waals surface area contributed by atoms with Crippen molar-refractivity contribution in [3.63, 3.8) is 0 Å². The van der Waals surface area contributed by atoms with Crippen LogP contribution in [0.15, 0.2) is 4.52 Å². The molecule has 0 spiro atoms. The van der Waals surface area contributed by atoms with Crippen LogP contribution in [0, 0.1) is 6.92 Å². The molecular formula is C13H23NO3Si. The van der Waals surface area contributed by atoms with E-state index >= 15 is 0 Å². The predicted molar refractivity (Wildman–Crippen MR) is 74.0 cm³/mol. The van der Waals surface area contributed by atoms with E-state index in [4.69, 9.17) is 9.63 Å². The van der Waals surface area contributed by atoms with Crippen molar-refractivity contribution in [3.05, 3.63) is 11.5 Å². The molecule has 0 aromatic carbocycles. The largest absolute Gasteiger partial charge is 0.481 e. The zero-order valence-electron chi connectivity index (χ0n) is 12.1. The molecule has 0 fully saturated rings. The number of rotatable bonds is 4. The minimum atomic E-state index is -1.74. The van der Waals surface area contributed by atoms with E-state index in [1.807, 2.05) is 6.92 Å². The summed E-state index contributed by atoms with van der Waals surface area (Å²) in [4.78, 5) is 10.7. The standard InChI is InChI=1S/C13H23NO3Si/c1-9-12(18(5,6)13(2,3)4)10(14-17-9)7-8-11(15)16/h7-8H2,1-6H3,(H,15,16). The van der Waals surface area contributed by atoms with Gasteiger partial charge >= 0.3 is 5.97 Å². The van der Waals surface area contributed by atoms with Crippen LogP contribution in [0.25, 0.3) is 0 Å². The predicted octanol–water partition coefficient (Wildman–Crippen LogP) is 2.72. The monoisotopic (exact) mass is 269 g/mol. The van der Waals surface area contributed by atoms with Crippen molar-refractivity contribution in [1.29, 1.82) is 0 Å². The van der Waals surface area contributed by atoms with Crippen molar-refractivity contribution in [2.24, 2.45) is 0 Å². The number of aryl methyl sites for hydroxylation is 2. The molecule has 1 aromatic heterocycles. The van der Waals surface area contributed by atoms with E-state index in [0.29, 0.717) is 6.42 Å².